The largest absolute Gasteiger partial charge is 0.453 e. The van der Waals surface area contributed by atoms with Gasteiger partial charge in [0.05, 0.1) is 5.52 Å². The van der Waals surface area contributed by atoms with E-state index < -0.39 is 0 Å². The van der Waals surface area contributed by atoms with E-state index in [2.05, 4.69) is 176 Å². The van der Waals surface area contributed by atoms with Crippen molar-refractivity contribution in [2.45, 2.75) is 0 Å². The lowest BCUT2D eigenvalue weighted by atomic mass is 9.95. The van der Waals surface area contributed by atoms with E-state index in [4.69, 9.17) is 24.4 Å². The fraction of sp³-hybridized carbons (Fsp3) is 0. The molecule has 0 aliphatic carbocycles. The third kappa shape index (κ3) is 6.84. The van der Waals surface area contributed by atoms with E-state index in [1.807, 2.05) is 42.5 Å². The van der Waals surface area contributed by atoms with Crippen molar-refractivity contribution < 1.29 is 4.42 Å². The molecule has 61 heavy (non-hydrogen) atoms. The molecule has 0 saturated heterocycles. The number of rotatable bonds is 8. The Morgan fingerprint density at radius 3 is 1.11 bits per heavy atom. The predicted molar refractivity (Wildman–Crippen MR) is 248 cm³/mol. The molecule has 0 saturated carbocycles. The molecule has 0 bridgehead atoms. The highest BCUT2D eigenvalue weighted by Gasteiger charge is 2.24. The molecule has 0 amide bonds. The summed E-state index contributed by atoms with van der Waals surface area (Å²) in [7, 11) is 0. The Balaban J connectivity index is 1.04. The predicted octanol–water partition coefficient (Wildman–Crippen LogP) is 14.5. The molecule has 0 spiro atoms. The number of fused-ring (bicyclic) bond motifs is 3. The second kappa shape index (κ2) is 15.5. The Bertz CT molecular complexity index is 3190. The minimum Gasteiger partial charge on any atom is -0.453 e. The first-order valence-electron chi connectivity index (χ1n) is 20.4. The maximum atomic E-state index is 7.01. The third-order valence-corrected chi connectivity index (χ3v) is 11.2. The average molecular weight is 781 g/mol. The number of para-hydroxylation sites is 1. The van der Waals surface area contributed by atoms with Crippen LogP contribution in [0.15, 0.2) is 223 Å². The highest BCUT2D eigenvalue weighted by Crippen LogP contribution is 2.46. The van der Waals surface area contributed by atoms with Crippen LogP contribution in [0.1, 0.15) is 0 Å². The van der Waals surface area contributed by atoms with Crippen LogP contribution < -0.4 is 0 Å². The molecular formula is C56H36N4O. The minimum atomic E-state index is 0.584. The zero-order valence-electron chi connectivity index (χ0n) is 33.0. The molecule has 3 heterocycles. The van der Waals surface area contributed by atoms with Gasteiger partial charge in [-0.15, -0.1) is 0 Å². The molecule has 0 aliphatic rings. The number of pyridine rings is 1. The Kier molecular flexibility index (Phi) is 9.10. The second-order valence-electron chi connectivity index (χ2n) is 15.0. The smallest absolute Gasteiger partial charge is 0.164 e. The van der Waals surface area contributed by atoms with E-state index in [1.54, 1.807) is 0 Å². The van der Waals surface area contributed by atoms with Crippen LogP contribution in [0.4, 0.5) is 0 Å². The van der Waals surface area contributed by atoms with Crippen LogP contribution in [0, 0.1) is 0 Å². The summed E-state index contributed by atoms with van der Waals surface area (Å²) in [5, 5.41) is 2.08. The first kappa shape index (κ1) is 35.8. The monoisotopic (exact) mass is 780 g/mol. The topological polar surface area (TPSA) is 64.7 Å². The fourth-order valence-corrected chi connectivity index (χ4v) is 8.10. The van der Waals surface area contributed by atoms with Gasteiger partial charge in [-0.1, -0.05) is 212 Å². The van der Waals surface area contributed by atoms with Crippen LogP contribution in [-0.4, -0.2) is 19.9 Å². The van der Waals surface area contributed by atoms with Crippen LogP contribution in [0.3, 0.4) is 0 Å². The molecule has 11 rings (SSSR count). The number of aromatic nitrogens is 4. The summed E-state index contributed by atoms with van der Waals surface area (Å²) in [5.41, 5.74) is 13.8. The number of furan rings is 1. The molecule has 3 aromatic heterocycles. The van der Waals surface area contributed by atoms with Crippen LogP contribution in [0.2, 0.25) is 0 Å². The third-order valence-electron chi connectivity index (χ3n) is 11.2. The molecule has 8 aromatic carbocycles. The summed E-state index contributed by atoms with van der Waals surface area (Å²) < 4.78 is 7.01. The minimum absolute atomic E-state index is 0.584. The van der Waals surface area contributed by atoms with Crippen LogP contribution in [-0.2, 0) is 0 Å². The van der Waals surface area contributed by atoms with Crippen molar-refractivity contribution in [2.75, 3.05) is 0 Å². The standard InChI is InChI=1S/C56H36N4O/c1-5-15-37(16-6-1)39-25-31-44(32-26-39)54-58-55(45-33-27-40(28-34-45)38-17-7-2-8-18-38)60-56(59-54)46-35-29-43(30-36-46)52-49(41-19-9-3-10-20-41)50-47-23-13-14-24-48(47)57-51(53(50)61-52)42-21-11-4-12-22-42/h1-36H. The van der Waals surface area contributed by atoms with Gasteiger partial charge in [-0.2, -0.15) is 0 Å². The molecule has 286 valence electrons. The molecular weight excluding hydrogens is 745 g/mol. The van der Waals surface area contributed by atoms with Crippen LogP contribution >= 0.6 is 0 Å². The summed E-state index contributed by atoms with van der Waals surface area (Å²) in [6.07, 6.45) is 0. The maximum absolute atomic E-state index is 7.01. The van der Waals surface area contributed by atoms with Gasteiger partial charge in [0, 0.05) is 44.2 Å². The Labute approximate surface area is 353 Å². The van der Waals surface area contributed by atoms with E-state index in [0.29, 0.717) is 17.5 Å². The van der Waals surface area contributed by atoms with E-state index in [9.17, 15) is 0 Å². The SMILES string of the molecule is c1ccc(-c2ccc(-c3nc(-c4ccc(-c5ccccc5)cc4)nc(-c4ccc(-c5oc6c(-c7ccccc7)nc7ccccc7c6c5-c5ccccc5)cc4)n3)cc2)cc1. The highest BCUT2D eigenvalue weighted by atomic mass is 16.3. The number of hydrogen-bond acceptors (Lipinski definition) is 5. The summed E-state index contributed by atoms with van der Waals surface area (Å²) >= 11 is 0. The Hall–Kier alpha value is -8.28. The number of benzene rings is 8. The van der Waals surface area contributed by atoms with Crippen molar-refractivity contribution in [1.82, 2.24) is 19.9 Å². The lowest BCUT2D eigenvalue weighted by Crippen LogP contribution is -2.00. The molecule has 11 aromatic rings. The van der Waals surface area contributed by atoms with Crippen molar-refractivity contribution in [1.29, 1.82) is 0 Å². The van der Waals surface area contributed by atoms with Gasteiger partial charge in [0.25, 0.3) is 0 Å². The summed E-state index contributed by atoms with van der Waals surface area (Å²) in [5.74, 6) is 2.57. The highest BCUT2D eigenvalue weighted by molar-refractivity contribution is 6.18. The first-order chi connectivity index (χ1) is 30.2. The van der Waals surface area contributed by atoms with Gasteiger partial charge in [-0.05, 0) is 33.9 Å². The number of hydrogen-bond donors (Lipinski definition) is 0. The lowest BCUT2D eigenvalue weighted by molar-refractivity contribution is 0.632. The van der Waals surface area contributed by atoms with Gasteiger partial charge < -0.3 is 4.42 Å². The molecule has 0 N–H and O–H groups in total. The number of nitrogens with zero attached hydrogens (tertiary/aromatic N) is 4. The van der Waals surface area contributed by atoms with Crippen LogP contribution in [0.25, 0.3) is 112 Å². The van der Waals surface area contributed by atoms with Gasteiger partial charge >= 0.3 is 0 Å². The van der Waals surface area contributed by atoms with Crippen molar-refractivity contribution in [3.63, 3.8) is 0 Å². The van der Waals surface area contributed by atoms with Gasteiger partial charge in [0.1, 0.15) is 11.5 Å². The zero-order valence-corrected chi connectivity index (χ0v) is 33.0. The molecule has 5 heteroatoms. The molecule has 5 nitrogen and oxygen atoms in total. The second-order valence-corrected chi connectivity index (χ2v) is 15.0. The molecule has 0 aliphatic heterocycles. The molecule has 0 unspecified atom stereocenters. The first-order valence-corrected chi connectivity index (χ1v) is 20.4. The normalized spacial score (nSPS) is 11.3. The zero-order chi connectivity index (χ0) is 40.5. The molecule has 0 radical (unpaired) electrons. The van der Waals surface area contributed by atoms with Gasteiger partial charge in [0.15, 0.2) is 23.1 Å². The van der Waals surface area contributed by atoms with Crippen molar-refractivity contribution in [2.24, 2.45) is 0 Å². The van der Waals surface area contributed by atoms with Gasteiger partial charge in [-0.3, -0.25) is 0 Å². The summed E-state index contributed by atoms with van der Waals surface area (Å²) in [6, 6.07) is 75.0. The maximum Gasteiger partial charge on any atom is 0.164 e. The van der Waals surface area contributed by atoms with E-state index in [1.165, 1.54) is 0 Å². The summed E-state index contributed by atoms with van der Waals surface area (Å²) in [6.45, 7) is 0. The Morgan fingerprint density at radius 1 is 0.279 bits per heavy atom. The molecule has 0 atom stereocenters. The average Bonchev–Trinajstić information content (AvgIpc) is 3.76. The summed E-state index contributed by atoms with van der Waals surface area (Å²) in [4.78, 5) is 20.4. The lowest BCUT2D eigenvalue weighted by Gasteiger charge is -2.10. The quantitative estimate of drug-likeness (QED) is 0.154. The van der Waals surface area contributed by atoms with Crippen molar-refractivity contribution in [3.05, 3.63) is 218 Å². The van der Waals surface area contributed by atoms with Crippen LogP contribution in [0.5, 0.6) is 0 Å². The molecule has 0 fully saturated rings. The Morgan fingerprint density at radius 2 is 0.639 bits per heavy atom. The van der Waals surface area contributed by atoms with Gasteiger partial charge in [-0.25, -0.2) is 19.9 Å². The fourth-order valence-electron chi connectivity index (χ4n) is 8.10. The van der Waals surface area contributed by atoms with Crippen molar-refractivity contribution in [3.8, 4) is 90.1 Å². The van der Waals surface area contributed by atoms with E-state index in [0.717, 1.165) is 94.5 Å². The van der Waals surface area contributed by atoms with E-state index in [-0.39, 0.29) is 0 Å². The van der Waals surface area contributed by atoms with Crippen molar-refractivity contribution >= 4 is 21.9 Å². The van der Waals surface area contributed by atoms with E-state index >= 15 is 0 Å². The van der Waals surface area contributed by atoms with Gasteiger partial charge in [0.2, 0.25) is 0 Å².